The predicted octanol–water partition coefficient (Wildman–Crippen LogP) is 9.84. The first-order chi connectivity index (χ1) is 31.4. The number of aromatic carboxylic acids is 1. The number of Topliss-reactive ketones (excluding diaryl/α,β-unsaturated/α-hetero) is 2. The fourth-order valence-corrected chi connectivity index (χ4v) is 13.2. The minimum absolute atomic E-state index is 0.000880. The third kappa shape index (κ3) is 10.7. The zero-order valence-corrected chi connectivity index (χ0v) is 40.2. The molecule has 0 unspecified atom stereocenters. The molecule has 4 aliphatic rings. The number of nitrogens with one attached hydrogen (secondary N) is 1. The molecule has 2 aromatic carbocycles. The van der Waals surface area contributed by atoms with Gasteiger partial charge in [-0.15, -0.1) is 0 Å². The van der Waals surface area contributed by atoms with Crippen molar-refractivity contribution < 1.29 is 44.7 Å². The number of hydrogen-bond donors (Lipinski definition) is 7. The monoisotopic (exact) mass is 919 g/mol. The van der Waals surface area contributed by atoms with E-state index in [1.165, 1.54) is 67.3 Å². The van der Waals surface area contributed by atoms with Crippen molar-refractivity contribution in [3.63, 3.8) is 0 Å². The number of phenols is 4. The number of carbonyl (C=O) groups excluding carboxylic acids is 3. The summed E-state index contributed by atoms with van der Waals surface area (Å²) in [6, 6.07) is 14.4. The average molecular weight is 919 g/mol. The Morgan fingerprint density at radius 3 is 1.49 bits per heavy atom. The van der Waals surface area contributed by atoms with Crippen LogP contribution in [0.3, 0.4) is 0 Å². The van der Waals surface area contributed by atoms with Gasteiger partial charge in [-0.3, -0.25) is 24.4 Å². The normalized spacial score (nSPS) is 30.3. The molecular weight excluding hydrogens is 849 g/mol. The van der Waals surface area contributed by atoms with Crippen LogP contribution in [0.1, 0.15) is 148 Å². The fraction of sp³-hybridized carbons (Fsp3) is 0.519. The van der Waals surface area contributed by atoms with Crippen LogP contribution in [0.2, 0.25) is 0 Å². The molecule has 13 heteroatoms. The number of amides is 1. The van der Waals surface area contributed by atoms with Crippen molar-refractivity contribution in [2.45, 2.75) is 119 Å². The van der Waals surface area contributed by atoms with Crippen LogP contribution in [-0.2, 0) is 0 Å². The van der Waals surface area contributed by atoms with Crippen LogP contribution in [0, 0.1) is 57.2 Å². The van der Waals surface area contributed by atoms with Crippen molar-refractivity contribution in [2.24, 2.45) is 62.9 Å². The maximum absolute atomic E-state index is 13.9. The molecule has 0 saturated heterocycles. The maximum atomic E-state index is 13.9. The van der Waals surface area contributed by atoms with Crippen molar-refractivity contribution in [3.8, 4) is 23.0 Å². The minimum atomic E-state index is -0.919. The van der Waals surface area contributed by atoms with Gasteiger partial charge in [-0.2, -0.15) is 0 Å². The lowest BCUT2D eigenvalue weighted by molar-refractivity contribution is -0.0902. The highest BCUT2D eigenvalue weighted by Gasteiger charge is 2.60. The van der Waals surface area contributed by atoms with Crippen LogP contribution >= 0.6 is 0 Å². The van der Waals surface area contributed by atoms with Gasteiger partial charge in [0.2, 0.25) is 0 Å². The minimum Gasteiger partial charge on any atom is -0.508 e. The van der Waals surface area contributed by atoms with Crippen LogP contribution < -0.4 is 11.1 Å². The Morgan fingerprint density at radius 2 is 1.06 bits per heavy atom. The lowest BCUT2D eigenvalue weighted by Gasteiger charge is -2.60. The second-order valence-electron chi connectivity index (χ2n) is 21.7. The van der Waals surface area contributed by atoms with E-state index in [0.29, 0.717) is 22.6 Å². The summed E-state index contributed by atoms with van der Waals surface area (Å²) in [6.07, 6.45) is 14.2. The van der Waals surface area contributed by atoms with E-state index < -0.39 is 5.97 Å². The number of benzene rings is 2. The van der Waals surface area contributed by atoms with Gasteiger partial charge in [-0.25, -0.2) is 4.79 Å². The number of nitrogens with two attached hydrogens (primary N) is 1. The third-order valence-corrected chi connectivity index (χ3v) is 16.4. The molecule has 1 amide bonds. The fourth-order valence-electron chi connectivity index (χ4n) is 13.2. The molecule has 67 heavy (non-hydrogen) atoms. The standard InChI is InChI=1S/C27H34N2O4.C21H31NO3.C6H5NO2/c1-16-21(29-25(33)17-7-5-10-28-15-17)14-22-26(2,3)8-6-9-27(22,4)23(16)24(32)18-11-19(30)13-20(31)12-18;1-12-16(22)11-17-20(2,3)6-5-7-21(17,4)18(12)19(25)13-8-14(23)10-15(24)9-13;8-6(9)5-1-3-7-4-2-5/h5,7,10-13,15-16,21-23,30-31H,6,8-9,14H2,1-4H3,(H,29,33);8-10,12,16-18,23-24H,5-7,11,22H2,1-4H3;1-4H,(H,8,9)/t16-,21-,22+,23-,27+;12-,16-,17+,18-,21+;/m11./s1. The summed E-state index contributed by atoms with van der Waals surface area (Å²) < 4.78 is 0. The Labute approximate surface area is 394 Å². The Morgan fingerprint density at radius 1 is 0.597 bits per heavy atom. The van der Waals surface area contributed by atoms with Crippen LogP contribution in [-0.4, -0.2) is 71.0 Å². The number of fused-ring (bicyclic) bond motifs is 2. The summed E-state index contributed by atoms with van der Waals surface area (Å²) in [7, 11) is 0. The van der Waals surface area contributed by atoms with Crippen LogP contribution in [0.15, 0.2) is 85.5 Å². The Hall–Kier alpha value is -5.82. The highest BCUT2D eigenvalue weighted by Crippen LogP contribution is 2.63. The number of hydrogen-bond acceptors (Lipinski definition) is 11. The Kier molecular flexibility index (Phi) is 14.9. The number of carbonyl (C=O) groups is 4. The lowest BCUT2D eigenvalue weighted by Crippen LogP contribution is -2.60. The molecule has 360 valence electrons. The van der Waals surface area contributed by atoms with E-state index in [4.69, 9.17) is 10.8 Å². The lowest BCUT2D eigenvalue weighted by atomic mass is 9.45. The first kappa shape index (κ1) is 50.6. The van der Waals surface area contributed by atoms with Gasteiger partial charge < -0.3 is 36.6 Å². The Balaban J connectivity index is 0.000000191. The van der Waals surface area contributed by atoms with Gasteiger partial charge in [0.05, 0.1) is 11.1 Å². The summed E-state index contributed by atoms with van der Waals surface area (Å²) in [5.41, 5.74) is 7.80. The van der Waals surface area contributed by atoms with E-state index in [1.807, 2.05) is 6.92 Å². The SMILES string of the molecule is C[C@@H]1[C@H](N)C[C@H]2C(C)(C)CCC[C@]2(C)[C@H]1C(=O)c1cc(O)cc(O)c1.C[C@@H]1[C@H](NC(=O)c2cccnc2)C[C@H]2C(C)(C)CCC[C@]2(C)[C@H]1C(=O)c1cc(O)cc(O)c1.O=C(O)c1ccncc1. The van der Waals surface area contributed by atoms with Gasteiger partial charge in [0, 0.05) is 72.0 Å². The summed E-state index contributed by atoms with van der Waals surface area (Å²) >= 11 is 0. The molecule has 2 aromatic heterocycles. The van der Waals surface area contributed by atoms with Gasteiger partial charge >= 0.3 is 5.97 Å². The third-order valence-electron chi connectivity index (χ3n) is 16.4. The van der Waals surface area contributed by atoms with Crippen molar-refractivity contribution in [3.05, 3.63) is 108 Å². The van der Waals surface area contributed by atoms with Crippen molar-refractivity contribution >= 4 is 23.4 Å². The zero-order chi connectivity index (χ0) is 49.2. The molecule has 4 fully saturated rings. The van der Waals surface area contributed by atoms with Crippen LogP contribution in [0.5, 0.6) is 23.0 Å². The molecule has 8 rings (SSSR count). The number of ketones is 2. The molecule has 0 spiro atoms. The highest BCUT2D eigenvalue weighted by atomic mass is 16.4. The molecule has 0 bridgehead atoms. The number of aromatic nitrogens is 2. The molecule has 0 aliphatic heterocycles. The van der Waals surface area contributed by atoms with E-state index in [9.17, 15) is 39.6 Å². The van der Waals surface area contributed by atoms with E-state index in [-0.39, 0.29) is 109 Å². The van der Waals surface area contributed by atoms with E-state index >= 15 is 0 Å². The molecule has 4 aromatic rings. The molecule has 13 nitrogen and oxygen atoms in total. The number of carboxylic acids is 1. The van der Waals surface area contributed by atoms with Crippen molar-refractivity contribution in [1.29, 1.82) is 0 Å². The largest absolute Gasteiger partial charge is 0.508 e. The number of pyridine rings is 2. The second kappa shape index (κ2) is 19.8. The molecule has 0 radical (unpaired) electrons. The van der Waals surface area contributed by atoms with Crippen molar-refractivity contribution in [1.82, 2.24) is 15.3 Å². The average Bonchev–Trinajstić information content (AvgIpc) is 3.25. The highest BCUT2D eigenvalue weighted by molar-refractivity contribution is 6.00. The maximum Gasteiger partial charge on any atom is 0.335 e. The zero-order valence-electron chi connectivity index (χ0n) is 40.2. The smallest absolute Gasteiger partial charge is 0.335 e. The predicted molar refractivity (Wildman–Crippen MR) is 256 cm³/mol. The van der Waals surface area contributed by atoms with Gasteiger partial charge in [-0.1, -0.05) is 68.2 Å². The molecular formula is C54H70N4O9. The first-order valence-corrected chi connectivity index (χ1v) is 23.6. The number of aromatic hydroxyl groups is 4. The summed E-state index contributed by atoms with van der Waals surface area (Å²) in [6.45, 7) is 17.8. The summed E-state index contributed by atoms with van der Waals surface area (Å²) in [5.74, 6) is -1.54. The second-order valence-corrected chi connectivity index (χ2v) is 21.7. The quantitative estimate of drug-likeness (QED) is 0.0859. The molecule has 2 heterocycles. The van der Waals surface area contributed by atoms with Crippen molar-refractivity contribution in [2.75, 3.05) is 0 Å². The topological polar surface area (TPSA) is 233 Å². The van der Waals surface area contributed by atoms with E-state index in [1.54, 1.807) is 24.5 Å². The van der Waals surface area contributed by atoms with Gasteiger partial charge in [0.1, 0.15) is 23.0 Å². The Bertz CT molecular complexity index is 2390. The van der Waals surface area contributed by atoms with E-state index in [2.05, 4.69) is 63.8 Å². The number of carboxylic acid groups (broad SMARTS) is 1. The van der Waals surface area contributed by atoms with Gasteiger partial charge in [-0.05, 0) is 132 Å². The van der Waals surface area contributed by atoms with Crippen LogP contribution in [0.4, 0.5) is 0 Å². The first-order valence-electron chi connectivity index (χ1n) is 23.6. The molecule has 4 saturated carbocycles. The van der Waals surface area contributed by atoms with E-state index in [0.717, 1.165) is 44.9 Å². The molecule has 10 atom stereocenters. The summed E-state index contributed by atoms with van der Waals surface area (Å²) in [4.78, 5) is 58.3. The number of phenolic OH excluding ortho intramolecular Hbond substituents is 4. The number of rotatable bonds is 7. The summed E-state index contributed by atoms with van der Waals surface area (Å²) in [5, 5.41) is 51.2. The van der Waals surface area contributed by atoms with Gasteiger partial charge in [0.15, 0.2) is 11.6 Å². The molecule has 4 aliphatic carbocycles. The number of nitrogens with zero attached hydrogens (tertiary/aromatic N) is 2. The van der Waals surface area contributed by atoms with Crippen LogP contribution in [0.25, 0.3) is 0 Å². The molecule has 8 N–H and O–H groups in total. The van der Waals surface area contributed by atoms with Gasteiger partial charge in [0.25, 0.3) is 5.91 Å².